The molecule has 0 saturated carbocycles. The Balaban J connectivity index is 1.92. The van der Waals surface area contributed by atoms with Gasteiger partial charge in [-0.1, -0.05) is 56.3 Å². The van der Waals surface area contributed by atoms with Crippen molar-refractivity contribution in [2.24, 2.45) is 5.92 Å². The van der Waals surface area contributed by atoms with Gasteiger partial charge in [0.05, 0.1) is 13.0 Å². The number of hydrogen-bond acceptors (Lipinski definition) is 5. The molecule has 0 heterocycles. The highest BCUT2D eigenvalue weighted by molar-refractivity contribution is 5.92. The van der Waals surface area contributed by atoms with Crippen molar-refractivity contribution in [2.45, 2.75) is 26.3 Å². The topological polar surface area (TPSA) is 105 Å². The number of carbonyl (C=O) groups is 4. The van der Waals surface area contributed by atoms with Crippen molar-refractivity contribution in [3.05, 3.63) is 48.0 Å². The molecule has 0 bridgehead atoms. The van der Waals surface area contributed by atoms with E-state index >= 15 is 0 Å². The molecule has 1 atom stereocenters. The van der Waals surface area contributed by atoms with Gasteiger partial charge in [-0.3, -0.25) is 14.4 Å². The second kappa shape index (κ2) is 11.1. The molecular formula is C23H29N3O5. The van der Waals surface area contributed by atoms with E-state index < -0.39 is 24.5 Å². The van der Waals surface area contributed by atoms with Crippen LogP contribution in [0.1, 0.15) is 19.4 Å². The van der Waals surface area contributed by atoms with Gasteiger partial charge < -0.3 is 20.3 Å². The first kappa shape index (κ1) is 23.9. The zero-order chi connectivity index (χ0) is 23.0. The average molecular weight is 428 g/mol. The summed E-state index contributed by atoms with van der Waals surface area (Å²) in [5.74, 6) is -2.11. The van der Waals surface area contributed by atoms with E-state index in [0.717, 1.165) is 16.3 Å². The molecule has 2 rings (SSSR count). The lowest BCUT2D eigenvalue weighted by molar-refractivity contribution is -0.152. The van der Waals surface area contributed by atoms with E-state index in [2.05, 4.69) is 10.6 Å². The summed E-state index contributed by atoms with van der Waals surface area (Å²) in [4.78, 5) is 49.7. The summed E-state index contributed by atoms with van der Waals surface area (Å²) in [7, 11) is 3.14. The lowest BCUT2D eigenvalue weighted by Crippen LogP contribution is -2.47. The molecule has 8 heteroatoms. The number of amides is 3. The summed E-state index contributed by atoms with van der Waals surface area (Å²) < 4.78 is 5.05. The van der Waals surface area contributed by atoms with Gasteiger partial charge in [0.25, 0.3) is 5.91 Å². The summed E-state index contributed by atoms with van der Waals surface area (Å²) in [5.41, 5.74) is 0.858. The molecule has 2 aromatic rings. The zero-order valence-corrected chi connectivity index (χ0v) is 18.3. The smallest absolute Gasteiger partial charge is 0.329 e. The minimum Gasteiger partial charge on any atom is -0.454 e. The van der Waals surface area contributed by atoms with Crippen molar-refractivity contribution in [3.63, 3.8) is 0 Å². The van der Waals surface area contributed by atoms with Crippen LogP contribution in [-0.2, 0) is 30.3 Å². The van der Waals surface area contributed by atoms with Gasteiger partial charge in [0, 0.05) is 14.1 Å². The van der Waals surface area contributed by atoms with E-state index in [1.807, 2.05) is 42.5 Å². The first-order chi connectivity index (χ1) is 14.7. The fourth-order valence-electron chi connectivity index (χ4n) is 2.95. The van der Waals surface area contributed by atoms with Crippen molar-refractivity contribution in [1.82, 2.24) is 15.5 Å². The Hall–Kier alpha value is -3.42. The first-order valence-corrected chi connectivity index (χ1v) is 10.1. The molecule has 0 saturated heterocycles. The van der Waals surface area contributed by atoms with Gasteiger partial charge in [-0.2, -0.15) is 0 Å². The lowest BCUT2D eigenvalue weighted by atomic mass is 10.0. The van der Waals surface area contributed by atoms with Gasteiger partial charge in [0.2, 0.25) is 11.8 Å². The average Bonchev–Trinajstić information content (AvgIpc) is 2.74. The normalized spacial score (nSPS) is 11.6. The number of esters is 1. The molecule has 0 aliphatic carbocycles. The summed E-state index contributed by atoms with van der Waals surface area (Å²) in [6, 6.07) is 12.6. The molecular weight excluding hydrogens is 398 g/mol. The number of hydrogen-bond donors (Lipinski definition) is 2. The second-order valence-electron chi connectivity index (χ2n) is 7.78. The van der Waals surface area contributed by atoms with E-state index in [1.54, 1.807) is 27.9 Å². The largest absolute Gasteiger partial charge is 0.454 e. The number of ether oxygens (including phenoxy) is 1. The molecule has 0 aromatic heterocycles. The summed E-state index contributed by atoms with van der Waals surface area (Å²) in [5, 5.41) is 7.11. The summed E-state index contributed by atoms with van der Waals surface area (Å²) in [6.07, 6.45) is 0.116. The number of benzene rings is 2. The van der Waals surface area contributed by atoms with E-state index in [9.17, 15) is 19.2 Å². The number of fused-ring (bicyclic) bond motifs is 1. The van der Waals surface area contributed by atoms with Crippen molar-refractivity contribution >= 4 is 34.5 Å². The van der Waals surface area contributed by atoms with Gasteiger partial charge in [-0.05, 0) is 22.3 Å². The Morgan fingerprint density at radius 1 is 0.968 bits per heavy atom. The van der Waals surface area contributed by atoms with E-state index in [1.165, 1.54) is 4.90 Å². The van der Waals surface area contributed by atoms with Crippen LogP contribution in [0.15, 0.2) is 42.5 Å². The minimum atomic E-state index is -0.890. The number of carbonyl (C=O) groups excluding carboxylic acids is 4. The second-order valence-corrected chi connectivity index (χ2v) is 7.78. The van der Waals surface area contributed by atoms with Crippen molar-refractivity contribution in [1.29, 1.82) is 0 Å². The highest BCUT2D eigenvalue weighted by Crippen LogP contribution is 2.19. The maximum atomic E-state index is 12.6. The van der Waals surface area contributed by atoms with Gasteiger partial charge in [-0.15, -0.1) is 0 Å². The molecule has 2 aromatic carbocycles. The molecule has 3 amide bonds. The Kier molecular flexibility index (Phi) is 8.54. The molecule has 0 aliphatic heterocycles. The molecule has 2 N–H and O–H groups in total. The Bertz CT molecular complexity index is 950. The highest BCUT2D eigenvalue weighted by atomic mass is 16.5. The fourth-order valence-corrected chi connectivity index (χ4v) is 2.95. The summed E-state index contributed by atoms with van der Waals surface area (Å²) in [6.45, 7) is 2.85. The third kappa shape index (κ3) is 7.09. The van der Waals surface area contributed by atoms with E-state index in [-0.39, 0.29) is 30.7 Å². The van der Waals surface area contributed by atoms with Gasteiger partial charge in [-0.25, -0.2) is 4.79 Å². The van der Waals surface area contributed by atoms with Crippen LogP contribution < -0.4 is 10.6 Å². The highest BCUT2D eigenvalue weighted by Gasteiger charge is 2.26. The molecule has 0 fully saturated rings. The maximum Gasteiger partial charge on any atom is 0.329 e. The van der Waals surface area contributed by atoms with Crippen LogP contribution in [0.4, 0.5) is 0 Å². The lowest BCUT2D eigenvalue weighted by Gasteiger charge is -2.21. The Labute approximate surface area is 181 Å². The third-order valence-electron chi connectivity index (χ3n) is 4.75. The van der Waals surface area contributed by atoms with Gasteiger partial charge in [0.1, 0.15) is 6.04 Å². The van der Waals surface area contributed by atoms with Crippen LogP contribution >= 0.6 is 0 Å². The van der Waals surface area contributed by atoms with E-state index in [4.69, 9.17) is 4.74 Å². The van der Waals surface area contributed by atoms with Gasteiger partial charge in [0.15, 0.2) is 6.61 Å². The number of rotatable bonds is 9. The molecule has 0 unspecified atom stereocenters. The molecule has 166 valence electrons. The number of nitrogens with zero attached hydrogens (tertiary/aromatic N) is 1. The van der Waals surface area contributed by atoms with E-state index in [0.29, 0.717) is 0 Å². The Morgan fingerprint density at radius 3 is 2.32 bits per heavy atom. The predicted molar refractivity (Wildman–Crippen MR) is 117 cm³/mol. The Morgan fingerprint density at radius 2 is 1.65 bits per heavy atom. The predicted octanol–water partition coefficient (Wildman–Crippen LogP) is 1.27. The summed E-state index contributed by atoms with van der Waals surface area (Å²) >= 11 is 0. The number of likely N-dealkylation sites (N-methyl/N-ethyl adjacent to an activating group) is 1. The van der Waals surface area contributed by atoms with Crippen LogP contribution in [0.25, 0.3) is 10.8 Å². The molecule has 0 aliphatic rings. The van der Waals surface area contributed by atoms with Crippen LogP contribution in [0, 0.1) is 5.92 Å². The fraction of sp³-hybridized carbons (Fsp3) is 0.391. The maximum absolute atomic E-state index is 12.6. The molecule has 8 nitrogen and oxygen atoms in total. The zero-order valence-electron chi connectivity index (χ0n) is 18.3. The minimum absolute atomic E-state index is 0.116. The van der Waals surface area contributed by atoms with Crippen molar-refractivity contribution < 1.29 is 23.9 Å². The van der Waals surface area contributed by atoms with Crippen LogP contribution in [0.3, 0.4) is 0 Å². The van der Waals surface area contributed by atoms with Crippen LogP contribution in [0.5, 0.6) is 0 Å². The van der Waals surface area contributed by atoms with Gasteiger partial charge >= 0.3 is 5.97 Å². The first-order valence-electron chi connectivity index (χ1n) is 10.1. The molecule has 0 spiro atoms. The van der Waals surface area contributed by atoms with Crippen LogP contribution in [-0.4, -0.2) is 61.9 Å². The van der Waals surface area contributed by atoms with Crippen molar-refractivity contribution in [3.8, 4) is 0 Å². The monoisotopic (exact) mass is 427 g/mol. The quantitative estimate of drug-likeness (QED) is 0.587. The molecule has 0 radical (unpaired) electrons. The van der Waals surface area contributed by atoms with Crippen molar-refractivity contribution in [2.75, 3.05) is 27.2 Å². The van der Waals surface area contributed by atoms with Crippen LogP contribution in [0.2, 0.25) is 0 Å². The third-order valence-corrected chi connectivity index (χ3v) is 4.75. The SMILES string of the molecule is CC(C)[C@H](NC(=O)Cc1cccc2ccccc12)C(=O)OCC(=O)NCC(=O)N(C)C. The molecule has 31 heavy (non-hydrogen) atoms. The standard InChI is InChI=1S/C23H29N3O5/c1-15(2)22(23(30)31-14-20(28)24-13-21(29)26(3)4)25-19(27)12-17-10-7-9-16-8-5-6-11-18(16)17/h5-11,15,22H,12-14H2,1-4H3,(H,24,28)(H,25,27)/t22-/m0/s1. The number of nitrogens with one attached hydrogen (secondary N) is 2.